The van der Waals surface area contributed by atoms with Crippen molar-refractivity contribution in [2.45, 2.75) is 123 Å². The molecule has 2 unspecified atom stereocenters. The zero-order chi connectivity index (χ0) is 26.1. The lowest BCUT2D eigenvalue weighted by molar-refractivity contribution is -0.108. The van der Waals surface area contributed by atoms with Gasteiger partial charge in [-0.1, -0.05) is 65.5 Å². The fourth-order valence-electron chi connectivity index (χ4n) is 9.35. The molecule has 0 N–H and O–H groups in total. The van der Waals surface area contributed by atoms with Crippen molar-refractivity contribution in [2.75, 3.05) is 6.61 Å². The topological polar surface area (TPSA) is 66.4 Å². The minimum absolute atomic E-state index is 0.157. The quantitative estimate of drug-likeness (QED) is 0.164. The highest BCUT2D eigenvalue weighted by molar-refractivity contribution is 7.80. The molecule has 4 aliphatic carbocycles. The fraction of sp³-hybridized carbons (Fsp3) is 0.903. The first-order valence-electron chi connectivity index (χ1n) is 14.9. The number of hydrogen-bond donors (Lipinski definition) is 0. The molecular weight excluding hydrogens is 468 g/mol. The van der Waals surface area contributed by atoms with Crippen molar-refractivity contribution in [3.05, 3.63) is 11.6 Å². The summed E-state index contributed by atoms with van der Waals surface area (Å²) in [6, 6.07) is 0. The summed E-state index contributed by atoms with van der Waals surface area (Å²) < 4.78 is 28.3. The van der Waals surface area contributed by atoms with Crippen molar-refractivity contribution in [1.82, 2.24) is 0 Å². The Kier molecular flexibility index (Phi) is 9.26. The molecule has 10 atom stereocenters. The Morgan fingerprint density at radius 2 is 1.86 bits per heavy atom. The second-order valence-corrected chi connectivity index (χ2v) is 14.9. The van der Waals surface area contributed by atoms with Crippen LogP contribution in [0.25, 0.3) is 0 Å². The normalized spacial score (nSPS) is 40.5. The Bertz CT molecular complexity index is 823. The number of fused-ring (bicyclic) bond motifs is 5. The Morgan fingerprint density at radius 1 is 1.08 bits per heavy atom. The highest BCUT2D eigenvalue weighted by atomic mass is 32.2. The average Bonchev–Trinajstić information content (AvgIpc) is 3.18. The highest BCUT2D eigenvalue weighted by Gasteiger charge is 2.59. The number of ether oxygens (including phenoxy) is 1. The van der Waals surface area contributed by atoms with Gasteiger partial charge in [-0.15, -0.1) is 0 Å². The number of carbonyl (C=O) groups excluding carboxylic acids is 1. The predicted molar refractivity (Wildman–Crippen MR) is 146 cm³/mol. The molecule has 3 fully saturated rings. The van der Waals surface area contributed by atoms with Crippen LogP contribution in [0.15, 0.2) is 11.6 Å². The number of carbonyl (C=O) groups is 1. The molecule has 0 amide bonds. The van der Waals surface area contributed by atoms with Crippen LogP contribution in [-0.2, 0) is 20.6 Å². The first-order chi connectivity index (χ1) is 17.1. The van der Waals surface area contributed by atoms with Crippen LogP contribution in [-0.4, -0.2) is 33.0 Å². The van der Waals surface area contributed by atoms with Gasteiger partial charge in [0.1, 0.15) is 6.29 Å². The van der Waals surface area contributed by atoms with E-state index >= 15 is 0 Å². The molecule has 4 nitrogen and oxygen atoms in total. The zero-order valence-corrected chi connectivity index (χ0v) is 24.3. The van der Waals surface area contributed by atoms with E-state index in [2.05, 4.69) is 40.7 Å². The number of aldehydes is 1. The van der Waals surface area contributed by atoms with Crippen LogP contribution in [0.4, 0.5) is 0 Å². The summed E-state index contributed by atoms with van der Waals surface area (Å²) >= 11 is -2.35. The molecule has 0 saturated heterocycles. The van der Waals surface area contributed by atoms with E-state index in [1.807, 2.05) is 0 Å². The van der Waals surface area contributed by atoms with Gasteiger partial charge in [0.05, 0.1) is 11.4 Å². The lowest BCUT2D eigenvalue weighted by Crippen LogP contribution is -2.51. The molecule has 4 rings (SSSR count). The van der Waals surface area contributed by atoms with E-state index in [4.69, 9.17) is 4.74 Å². The van der Waals surface area contributed by atoms with Crippen LogP contribution in [0.3, 0.4) is 0 Å². The van der Waals surface area contributed by atoms with Crippen LogP contribution in [0.5, 0.6) is 0 Å². The number of allylic oxidation sites excluding steroid dienone is 1. The van der Waals surface area contributed by atoms with Crippen LogP contribution in [0.2, 0.25) is 0 Å². The van der Waals surface area contributed by atoms with Crippen molar-refractivity contribution in [3.8, 4) is 0 Å². The van der Waals surface area contributed by atoms with E-state index in [1.165, 1.54) is 57.8 Å². The molecular formula is C31H51O4S-. The van der Waals surface area contributed by atoms with Crippen LogP contribution >= 0.6 is 0 Å². The second kappa shape index (κ2) is 11.7. The Labute approximate surface area is 223 Å². The van der Waals surface area contributed by atoms with Crippen LogP contribution in [0, 0.1) is 46.3 Å². The molecule has 0 aromatic carbocycles. The van der Waals surface area contributed by atoms with E-state index in [0.717, 1.165) is 48.3 Å². The summed E-state index contributed by atoms with van der Waals surface area (Å²) in [5.41, 5.74) is 2.42. The highest BCUT2D eigenvalue weighted by Crippen LogP contribution is 2.67. The molecule has 0 heterocycles. The maximum atomic E-state index is 11.1. The SMILES string of the molecule is CC(C)CCC[C@@H](C)[C@H]1CC[C@H]2[C@@H]3CC=C4C[C@@H](OCCC(C=O)S(=O)[O-])CC[C@]4(C)[C@H]3CC[C@]12C. The van der Waals surface area contributed by atoms with Crippen LogP contribution < -0.4 is 0 Å². The predicted octanol–water partition coefficient (Wildman–Crippen LogP) is 7.25. The first-order valence-corrected chi connectivity index (χ1v) is 16.1. The van der Waals surface area contributed by atoms with Gasteiger partial charge in [-0.2, -0.15) is 0 Å². The van der Waals surface area contributed by atoms with Gasteiger partial charge in [0.25, 0.3) is 0 Å². The molecule has 0 radical (unpaired) electrons. The molecule has 5 heteroatoms. The maximum absolute atomic E-state index is 11.1. The van der Waals surface area contributed by atoms with Gasteiger partial charge < -0.3 is 14.1 Å². The maximum Gasteiger partial charge on any atom is 0.134 e. The third kappa shape index (κ3) is 5.59. The summed E-state index contributed by atoms with van der Waals surface area (Å²) in [6.45, 7) is 12.8. The van der Waals surface area contributed by atoms with Gasteiger partial charge in [-0.05, 0) is 115 Å². The van der Waals surface area contributed by atoms with Crippen molar-refractivity contribution in [3.63, 3.8) is 0 Å². The molecule has 0 aliphatic heterocycles. The van der Waals surface area contributed by atoms with Crippen molar-refractivity contribution >= 4 is 17.4 Å². The summed E-state index contributed by atoms with van der Waals surface area (Å²) in [6.07, 6.45) is 17.8. The summed E-state index contributed by atoms with van der Waals surface area (Å²) in [5.74, 6) is 5.09. The monoisotopic (exact) mass is 519 g/mol. The Balaban J connectivity index is 1.38. The average molecular weight is 520 g/mol. The largest absolute Gasteiger partial charge is 0.772 e. The van der Waals surface area contributed by atoms with Gasteiger partial charge in [0, 0.05) is 6.61 Å². The van der Waals surface area contributed by atoms with Crippen molar-refractivity contribution in [2.24, 2.45) is 46.3 Å². The van der Waals surface area contributed by atoms with Gasteiger partial charge in [0.2, 0.25) is 0 Å². The van der Waals surface area contributed by atoms with Gasteiger partial charge in [0.15, 0.2) is 0 Å². The van der Waals surface area contributed by atoms with E-state index < -0.39 is 16.3 Å². The summed E-state index contributed by atoms with van der Waals surface area (Å²) in [5, 5.41) is -0.946. The zero-order valence-electron chi connectivity index (χ0n) is 23.5. The minimum atomic E-state index is -2.35. The molecule has 0 spiro atoms. The molecule has 0 aromatic heterocycles. The lowest BCUT2D eigenvalue weighted by atomic mass is 9.47. The smallest absolute Gasteiger partial charge is 0.134 e. The van der Waals surface area contributed by atoms with Crippen LogP contribution in [0.1, 0.15) is 112 Å². The van der Waals surface area contributed by atoms with Gasteiger partial charge >= 0.3 is 0 Å². The van der Waals surface area contributed by atoms with E-state index in [9.17, 15) is 13.6 Å². The Hall–Kier alpha value is -0.520. The summed E-state index contributed by atoms with van der Waals surface area (Å²) in [7, 11) is 0. The van der Waals surface area contributed by atoms with Crippen molar-refractivity contribution < 1.29 is 18.3 Å². The van der Waals surface area contributed by atoms with E-state index in [1.54, 1.807) is 5.57 Å². The fourth-order valence-corrected chi connectivity index (χ4v) is 9.73. The number of hydrogen-bond acceptors (Lipinski definition) is 4. The number of rotatable bonds is 11. The van der Waals surface area contributed by atoms with E-state index in [0.29, 0.717) is 23.7 Å². The Morgan fingerprint density at radius 3 is 2.56 bits per heavy atom. The van der Waals surface area contributed by atoms with Crippen molar-refractivity contribution in [1.29, 1.82) is 0 Å². The standard InChI is InChI=1S/C31H52O4S/c1-21(2)7-6-8-22(3)27-11-12-28-26-10-9-23-19-24(35-18-15-25(20-32)36(33)34)13-16-30(23,4)29(26)14-17-31(27,28)5/h9,20-22,24-29H,6-8,10-19H2,1-5H3,(H,33,34)/p-1/t22-,24+,25?,26+,27-,28+,29+,30+,31-/m1/s1. The minimum Gasteiger partial charge on any atom is -0.772 e. The second-order valence-electron chi connectivity index (χ2n) is 13.7. The molecule has 36 heavy (non-hydrogen) atoms. The lowest BCUT2D eigenvalue weighted by Gasteiger charge is -2.58. The first kappa shape index (κ1) is 28.5. The summed E-state index contributed by atoms with van der Waals surface area (Å²) in [4.78, 5) is 11.0. The molecule has 4 aliphatic rings. The van der Waals surface area contributed by atoms with E-state index in [-0.39, 0.29) is 12.5 Å². The molecule has 206 valence electrons. The molecule has 0 bridgehead atoms. The molecule has 0 aromatic rings. The third-order valence-electron chi connectivity index (χ3n) is 11.4. The molecule has 3 saturated carbocycles. The third-order valence-corrected chi connectivity index (χ3v) is 12.3. The van der Waals surface area contributed by atoms with Gasteiger partial charge in [-0.25, -0.2) is 0 Å². The van der Waals surface area contributed by atoms with Gasteiger partial charge in [-0.3, -0.25) is 4.21 Å².